The molecule has 23 heavy (non-hydrogen) atoms. The molecule has 2 aromatic rings. The van der Waals surface area contributed by atoms with Gasteiger partial charge in [-0.2, -0.15) is 5.10 Å². The fourth-order valence-corrected chi connectivity index (χ4v) is 3.57. The van der Waals surface area contributed by atoms with Crippen LogP contribution in [0.3, 0.4) is 0 Å². The Kier molecular flexibility index (Phi) is 4.83. The predicted molar refractivity (Wildman–Crippen MR) is 95.1 cm³/mol. The molecular weight excluding hydrogens is 284 g/mol. The van der Waals surface area contributed by atoms with Crippen molar-refractivity contribution in [2.75, 3.05) is 13.6 Å². The SMILES string of the molecule is CC1CN(C)C(C)CC1NCc1cn(C)nc1-c1ccccc1. The van der Waals surface area contributed by atoms with Gasteiger partial charge in [-0.05, 0) is 26.3 Å². The summed E-state index contributed by atoms with van der Waals surface area (Å²) in [5.41, 5.74) is 3.56. The summed E-state index contributed by atoms with van der Waals surface area (Å²) >= 11 is 0. The molecule has 1 aliphatic heterocycles. The van der Waals surface area contributed by atoms with E-state index in [4.69, 9.17) is 0 Å². The van der Waals surface area contributed by atoms with Gasteiger partial charge < -0.3 is 10.2 Å². The second kappa shape index (κ2) is 6.85. The van der Waals surface area contributed by atoms with Crippen LogP contribution < -0.4 is 5.32 Å². The Bertz CT molecular complexity index is 634. The summed E-state index contributed by atoms with van der Waals surface area (Å²) in [4.78, 5) is 2.46. The van der Waals surface area contributed by atoms with E-state index in [-0.39, 0.29) is 0 Å². The fraction of sp³-hybridized carbons (Fsp3) is 0.526. The molecule has 0 spiro atoms. The zero-order chi connectivity index (χ0) is 16.4. The summed E-state index contributed by atoms with van der Waals surface area (Å²) in [6.45, 7) is 6.71. The van der Waals surface area contributed by atoms with E-state index in [2.05, 4.69) is 66.7 Å². The molecule has 0 saturated carbocycles. The number of piperidine rings is 1. The fourth-order valence-electron chi connectivity index (χ4n) is 3.57. The Balaban J connectivity index is 1.72. The van der Waals surface area contributed by atoms with Crippen molar-refractivity contribution >= 4 is 0 Å². The maximum Gasteiger partial charge on any atom is 0.0967 e. The third kappa shape index (κ3) is 3.65. The average molecular weight is 312 g/mol. The Morgan fingerprint density at radius 2 is 1.91 bits per heavy atom. The van der Waals surface area contributed by atoms with Crippen LogP contribution in [0.5, 0.6) is 0 Å². The van der Waals surface area contributed by atoms with Crippen LogP contribution in [0.15, 0.2) is 36.5 Å². The summed E-state index contributed by atoms with van der Waals surface area (Å²) < 4.78 is 1.92. The molecule has 1 N–H and O–H groups in total. The molecule has 2 heterocycles. The van der Waals surface area contributed by atoms with Gasteiger partial charge in [-0.3, -0.25) is 4.68 Å². The highest BCUT2D eigenvalue weighted by atomic mass is 15.3. The molecule has 3 atom stereocenters. The van der Waals surface area contributed by atoms with Crippen molar-refractivity contribution in [2.24, 2.45) is 13.0 Å². The molecule has 1 fully saturated rings. The molecule has 1 aromatic carbocycles. The topological polar surface area (TPSA) is 33.1 Å². The average Bonchev–Trinajstić information content (AvgIpc) is 2.91. The van der Waals surface area contributed by atoms with Crippen LogP contribution in [0.2, 0.25) is 0 Å². The lowest BCUT2D eigenvalue weighted by Crippen LogP contribution is -2.50. The minimum Gasteiger partial charge on any atom is -0.309 e. The van der Waals surface area contributed by atoms with Crippen molar-refractivity contribution in [1.82, 2.24) is 20.0 Å². The molecule has 0 aliphatic carbocycles. The zero-order valence-electron chi connectivity index (χ0n) is 14.7. The lowest BCUT2D eigenvalue weighted by Gasteiger charge is -2.40. The Labute approximate surface area is 139 Å². The summed E-state index contributed by atoms with van der Waals surface area (Å²) in [5.74, 6) is 0.674. The minimum absolute atomic E-state index is 0.574. The van der Waals surface area contributed by atoms with Crippen LogP contribution in [0.25, 0.3) is 11.3 Å². The van der Waals surface area contributed by atoms with E-state index in [1.807, 2.05) is 17.8 Å². The standard InChI is InChI=1S/C19H28N4/c1-14-12-22(3)15(2)10-18(14)20-11-17-13-23(4)21-19(17)16-8-6-5-7-9-16/h5-9,13-15,18,20H,10-12H2,1-4H3. The Morgan fingerprint density at radius 3 is 2.65 bits per heavy atom. The monoisotopic (exact) mass is 312 g/mol. The molecule has 0 bridgehead atoms. The number of hydrogen-bond donors (Lipinski definition) is 1. The van der Waals surface area contributed by atoms with E-state index in [1.165, 1.54) is 17.5 Å². The normalized spacial score (nSPS) is 25.7. The first kappa shape index (κ1) is 16.2. The smallest absolute Gasteiger partial charge is 0.0967 e. The van der Waals surface area contributed by atoms with Gasteiger partial charge in [0.2, 0.25) is 0 Å². The van der Waals surface area contributed by atoms with Gasteiger partial charge in [0.1, 0.15) is 0 Å². The van der Waals surface area contributed by atoms with E-state index in [0.29, 0.717) is 18.0 Å². The number of nitrogens with zero attached hydrogens (tertiary/aromatic N) is 3. The van der Waals surface area contributed by atoms with E-state index in [9.17, 15) is 0 Å². The number of nitrogens with one attached hydrogen (secondary N) is 1. The molecule has 0 amide bonds. The van der Waals surface area contributed by atoms with E-state index >= 15 is 0 Å². The molecule has 1 saturated heterocycles. The summed E-state index contributed by atoms with van der Waals surface area (Å²) in [6.07, 6.45) is 3.34. The van der Waals surface area contributed by atoms with Gasteiger partial charge in [-0.25, -0.2) is 0 Å². The number of benzene rings is 1. The largest absolute Gasteiger partial charge is 0.309 e. The predicted octanol–water partition coefficient (Wildman–Crippen LogP) is 2.91. The molecule has 1 aromatic heterocycles. The molecule has 0 radical (unpaired) electrons. The maximum absolute atomic E-state index is 4.66. The Hall–Kier alpha value is -1.65. The van der Waals surface area contributed by atoms with Crippen LogP contribution in [-0.2, 0) is 13.6 Å². The van der Waals surface area contributed by atoms with E-state index in [0.717, 1.165) is 18.8 Å². The van der Waals surface area contributed by atoms with Crippen molar-refractivity contribution in [1.29, 1.82) is 0 Å². The van der Waals surface area contributed by atoms with Gasteiger partial charge in [0.15, 0.2) is 0 Å². The van der Waals surface area contributed by atoms with Gasteiger partial charge in [-0.15, -0.1) is 0 Å². The van der Waals surface area contributed by atoms with Crippen LogP contribution in [0.1, 0.15) is 25.8 Å². The number of likely N-dealkylation sites (tertiary alicyclic amines) is 1. The van der Waals surface area contributed by atoms with Gasteiger partial charge in [0.25, 0.3) is 0 Å². The van der Waals surface area contributed by atoms with Gasteiger partial charge in [-0.1, -0.05) is 37.3 Å². The van der Waals surface area contributed by atoms with Crippen molar-refractivity contribution in [3.63, 3.8) is 0 Å². The van der Waals surface area contributed by atoms with E-state index in [1.54, 1.807) is 0 Å². The summed E-state index contributed by atoms with van der Waals surface area (Å²) in [6, 6.07) is 11.7. The van der Waals surface area contributed by atoms with Crippen LogP contribution in [0.4, 0.5) is 0 Å². The third-order valence-corrected chi connectivity index (χ3v) is 5.12. The first-order valence-electron chi connectivity index (χ1n) is 8.56. The van der Waals surface area contributed by atoms with Gasteiger partial charge in [0.05, 0.1) is 5.69 Å². The first-order valence-corrected chi connectivity index (χ1v) is 8.56. The lowest BCUT2D eigenvalue weighted by molar-refractivity contribution is 0.121. The van der Waals surface area contributed by atoms with Crippen LogP contribution in [-0.4, -0.2) is 40.4 Å². The second-order valence-electron chi connectivity index (χ2n) is 7.03. The molecule has 1 aliphatic rings. The van der Waals surface area contributed by atoms with Gasteiger partial charge >= 0.3 is 0 Å². The zero-order valence-corrected chi connectivity index (χ0v) is 14.7. The number of rotatable bonds is 4. The van der Waals surface area contributed by atoms with Crippen molar-refractivity contribution in [2.45, 2.75) is 38.9 Å². The van der Waals surface area contributed by atoms with Crippen molar-refractivity contribution in [3.8, 4) is 11.3 Å². The number of aryl methyl sites for hydroxylation is 1. The highest BCUT2D eigenvalue weighted by Crippen LogP contribution is 2.24. The van der Waals surface area contributed by atoms with E-state index < -0.39 is 0 Å². The maximum atomic E-state index is 4.66. The molecule has 3 rings (SSSR count). The van der Waals surface area contributed by atoms with Crippen molar-refractivity contribution in [3.05, 3.63) is 42.1 Å². The lowest BCUT2D eigenvalue weighted by atomic mass is 9.89. The minimum atomic E-state index is 0.574. The summed E-state index contributed by atoms with van der Waals surface area (Å²) in [5, 5.41) is 8.44. The molecule has 3 unspecified atom stereocenters. The van der Waals surface area contributed by atoms with Crippen LogP contribution in [0, 0.1) is 5.92 Å². The third-order valence-electron chi connectivity index (χ3n) is 5.12. The number of aromatic nitrogens is 2. The molecule has 4 nitrogen and oxygen atoms in total. The molecule has 4 heteroatoms. The number of hydrogen-bond acceptors (Lipinski definition) is 3. The van der Waals surface area contributed by atoms with Crippen LogP contribution >= 0.6 is 0 Å². The summed E-state index contributed by atoms with van der Waals surface area (Å²) in [7, 11) is 4.22. The second-order valence-corrected chi connectivity index (χ2v) is 7.03. The highest BCUT2D eigenvalue weighted by Gasteiger charge is 2.28. The Morgan fingerprint density at radius 1 is 1.17 bits per heavy atom. The van der Waals surface area contributed by atoms with Gasteiger partial charge in [0, 0.05) is 49.5 Å². The first-order chi connectivity index (χ1) is 11.0. The van der Waals surface area contributed by atoms with Crippen molar-refractivity contribution < 1.29 is 0 Å². The quantitative estimate of drug-likeness (QED) is 0.942. The molecule has 124 valence electrons. The highest BCUT2D eigenvalue weighted by molar-refractivity contribution is 5.62. The molecular formula is C19H28N4.